The van der Waals surface area contributed by atoms with Crippen LogP contribution in [0.3, 0.4) is 0 Å². The van der Waals surface area contributed by atoms with Crippen molar-refractivity contribution in [1.29, 1.82) is 0 Å². The summed E-state index contributed by atoms with van der Waals surface area (Å²) in [6.45, 7) is 1.94. The third kappa shape index (κ3) is 1.74. The van der Waals surface area contributed by atoms with E-state index in [1.807, 2.05) is 19.1 Å². The summed E-state index contributed by atoms with van der Waals surface area (Å²) in [4.78, 5) is 0. The molecule has 0 amide bonds. The summed E-state index contributed by atoms with van der Waals surface area (Å²) >= 11 is 0. The van der Waals surface area contributed by atoms with Crippen molar-refractivity contribution in [3.05, 3.63) is 29.7 Å². The monoisotopic (exact) mass is 138 g/mol. The molecule has 0 aliphatic heterocycles. The van der Waals surface area contributed by atoms with Gasteiger partial charge in [-0.3, -0.25) is 0 Å². The summed E-state index contributed by atoms with van der Waals surface area (Å²) in [5.74, 6) is 1.67. The van der Waals surface area contributed by atoms with Crippen LogP contribution in [0.1, 0.15) is 11.5 Å². The highest BCUT2D eigenvalue weighted by atomic mass is 16.3. The van der Waals surface area contributed by atoms with Crippen molar-refractivity contribution in [1.82, 2.24) is 0 Å². The Kier molecular flexibility index (Phi) is 2.29. The molecule has 1 N–H and O–H groups in total. The molecule has 0 aliphatic rings. The number of aryl methyl sites for hydroxylation is 1. The summed E-state index contributed by atoms with van der Waals surface area (Å²) in [5, 5.41) is 8.41. The number of furan rings is 1. The van der Waals surface area contributed by atoms with Gasteiger partial charge in [0.2, 0.25) is 0 Å². The molecule has 0 aromatic carbocycles. The number of hydrogen-bond acceptors (Lipinski definition) is 2. The van der Waals surface area contributed by atoms with Gasteiger partial charge in [0.1, 0.15) is 11.5 Å². The standard InChI is InChI=1S/C8H10O2/c1-7-4-5-8(10-7)3-2-6-9/h2-5,9H,6H2,1H3/b3-2+. The Balaban J connectivity index is 2.67. The van der Waals surface area contributed by atoms with E-state index in [0.717, 1.165) is 11.5 Å². The molecule has 0 radical (unpaired) electrons. The van der Waals surface area contributed by atoms with E-state index in [2.05, 4.69) is 0 Å². The van der Waals surface area contributed by atoms with Crippen LogP contribution < -0.4 is 0 Å². The van der Waals surface area contributed by atoms with E-state index in [9.17, 15) is 0 Å². The third-order valence-corrected chi connectivity index (χ3v) is 1.15. The van der Waals surface area contributed by atoms with Crippen molar-refractivity contribution >= 4 is 6.08 Å². The second-order valence-electron chi connectivity index (χ2n) is 2.03. The molecule has 2 heteroatoms. The lowest BCUT2D eigenvalue weighted by atomic mass is 10.4. The fourth-order valence-corrected chi connectivity index (χ4v) is 0.712. The highest BCUT2D eigenvalue weighted by Gasteiger charge is 1.90. The number of aliphatic hydroxyl groups excluding tert-OH is 1. The molecule has 0 fully saturated rings. The highest BCUT2D eigenvalue weighted by Crippen LogP contribution is 2.07. The van der Waals surface area contributed by atoms with Crippen LogP contribution >= 0.6 is 0 Å². The Morgan fingerprint density at radius 3 is 2.90 bits per heavy atom. The predicted octanol–water partition coefficient (Wildman–Crippen LogP) is 1.59. The average molecular weight is 138 g/mol. The zero-order valence-corrected chi connectivity index (χ0v) is 5.87. The highest BCUT2D eigenvalue weighted by molar-refractivity contribution is 5.42. The fourth-order valence-electron chi connectivity index (χ4n) is 0.712. The van der Waals surface area contributed by atoms with Crippen molar-refractivity contribution in [2.45, 2.75) is 6.92 Å². The first kappa shape index (κ1) is 7.09. The first-order valence-corrected chi connectivity index (χ1v) is 3.17. The van der Waals surface area contributed by atoms with E-state index in [1.165, 1.54) is 0 Å². The topological polar surface area (TPSA) is 33.4 Å². The van der Waals surface area contributed by atoms with Gasteiger partial charge in [-0.2, -0.15) is 0 Å². The molecule has 0 atom stereocenters. The molecule has 0 bridgehead atoms. The first-order valence-electron chi connectivity index (χ1n) is 3.17. The van der Waals surface area contributed by atoms with E-state index in [-0.39, 0.29) is 6.61 Å². The second kappa shape index (κ2) is 3.22. The number of rotatable bonds is 2. The lowest BCUT2D eigenvalue weighted by Crippen LogP contribution is -1.69. The minimum atomic E-state index is 0.0553. The minimum Gasteiger partial charge on any atom is -0.462 e. The predicted molar refractivity (Wildman–Crippen MR) is 39.6 cm³/mol. The normalized spacial score (nSPS) is 11.0. The molecular weight excluding hydrogens is 128 g/mol. The van der Waals surface area contributed by atoms with E-state index in [1.54, 1.807) is 12.2 Å². The van der Waals surface area contributed by atoms with Crippen molar-refractivity contribution in [3.63, 3.8) is 0 Å². The molecule has 54 valence electrons. The van der Waals surface area contributed by atoms with Gasteiger partial charge < -0.3 is 9.52 Å². The molecule has 0 spiro atoms. The van der Waals surface area contributed by atoms with E-state index < -0.39 is 0 Å². The zero-order valence-electron chi connectivity index (χ0n) is 5.87. The van der Waals surface area contributed by atoms with E-state index in [0.29, 0.717) is 0 Å². The summed E-state index contributed by atoms with van der Waals surface area (Å²) < 4.78 is 5.19. The van der Waals surface area contributed by atoms with Crippen LogP contribution in [0.5, 0.6) is 0 Å². The van der Waals surface area contributed by atoms with Gasteiger partial charge in [0.25, 0.3) is 0 Å². The van der Waals surface area contributed by atoms with Crippen LogP contribution in [0.15, 0.2) is 22.6 Å². The third-order valence-electron chi connectivity index (χ3n) is 1.15. The maximum absolute atomic E-state index is 8.41. The molecule has 1 heterocycles. The fraction of sp³-hybridized carbons (Fsp3) is 0.250. The van der Waals surface area contributed by atoms with Crippen LogP contribution in [0, 0.1) is 6.92 Å². The summed E-state index contributed by atoms with van der Waals surface area (Å²) in [6.07, 6.45) is 3.38. The maximum atomic E-state index is 8.41. The summed E-state index contributed by atoms with van der Waals surface area (Å²) in [5.41, 5.74) is 0. The Bertz CT molecular complexity index is 223. The van der Waals surface area contributed by atoms with Crippen LogP contribution in [0.4, 0.5) is 0 Å². The van der Waals surface area contributed by atoms with Gasteiger partial charge in [-0.05, 0) is 25.1 Å². The van der Waals surface area contributed by atoms with Crippen molar-refractivity contribution < 1.29 is 9.52 Å². The molecular formula is C8H10O2. The zero-order chi connectivity index (χ0) is 7.40. The summed E-state index contributed by atoms with van der Waals surface area (Å²) in [7, 11) is 0. The maximum Gasteiger partial charge on any atom is 0.126 e. The lowest BCUT2D eigenvalue weighted by molar-refractivity contribution is 0.343. The number of hydrogen-bond donors (Lipinski definition) is 1. The lowest BCUT2D eigenvalue weighted by Gasteiger charge is -1.82. The molecule has 1 rings (SSSR count). The minimum absolute atomic E-state index is 0.0553. The van der Waals surface area contributed by atoms with Crippen molar-refractivity contribution in [2.24, 2.45) is 0 Å². The molecule has 0 aliphatic carbocycles. The molecule has 0 saturated carbocycles. The van der Waals surface area contributed by atoms with Gasteiger partial charge >= 0.3 is 0 Å². The SMILES string of the molecule is Cc1ccc(/C=C/CO)o1. The molecule has 0 saturated heterocycles. The Labute approximate surface area is 59.8 Å². The molecule has 2 nitrogen and oxygen atoms in total. The van der Waals surface area contributed by atoms with E-state index in [4.69, 9.17) is 9.52 Å². The summed E-state index contributed by atoms with van der Waals surface area (Å²) in [6, 6.07) is 3.75. The van der Waals surface area contributed by atoms with E-state index >= 15 is 0 Å². The quantitative estimate of drug-likeness (QED) is 0.673. The Morgan fingerprint density at radius 1 is 1.60 bits per heavy atom. The Hall–Kier alpha value is -1.02. The number of aliphatic hydroxyl groups is 1. The Morgan fingerprint density at radius 2 is 2.40 bits per heavy atom. The largest absolute Gasteiger partial charge is 0.462 e. The second-order valence-corrected chi connectivity index (χ2v) is 2.03. The average Bonchev–Trinajstić information content (AvgIpc) is 2.31. The molecule has 1 aromatic heterocycles. The molecule has 0 unspecified atom stereocenters. The van der Waals surface area contributed by atoms with Crippen LogP contribution in [0.25, 0.3) is 6.08 Å². The van der Waals surface area contributed by atoms with Gasteiger partial charge in [0.05, 0.1) is 6.61 Å². The van der Waals surface area contributed by atoms with Gasteiger partial charge in [0.15, 0.2) is 0 Å². The van der Waals surface area contributed by atoms with Crippen molar-refractivity contribution in [3.8, 4) is 0 Å². The van der Waals surface area contributed by atoms with Crippen LogP contribution in [0.2, 0.25) is 0 Å². The van der Waals surface area contributed by atoms with Crippen molar-refractivity contribution in [2.75, 3.05) is 6.61 Å². The first-order chi connectivity index (χ1) is 4.83. The van der Waals surface area contributed by atoms with Gasteiger partial charge in [0, 0.05) is 0 Å². The molecule has 10 heavy (non-hydrogen) atoms. The van der Waals surface area contributed by atoms with Gasteiger partial charge in [-0.25, -0.2) is 0 Å². The van der Waals surface area contributed by atoms with Crippen LogP contribution in [-0.2, 0) is 0 Å². The van der Waals surface area contributed by atoms with Crippen LogP contribution in [-0.4, -0.2) is 11.7 Å². The smallest absolute Gasteiger partial charge is 0.126 e. The van der Waals surface area contributed by atoms with Gasteiger partial charge in [-0.15, -0.1) is 0 Å². The van der Waals surface area contributed by atoms with Gasteiger partial charge in [-0.1, -0.05) is 6.08 Å². The molecule has 1 aromatic rings.